The Morgan fingerprint density at radius 3 is 2.87 bits per heavy atom. The van der Waals surface area contributed by atoms with Crippen LogP contribution in [0.4, 0.5) is 11.6 Å². The van der Waals surface area contributed by atoms with Crippen LogP contribution in [-0.4, -0.2) is 34.1 Å². The van der Waals surface area contributed by atoms with Crippen molar-refractivity contribution in [3.05, 3.63) is 42.4 Å². The van der Waals surface area contributed by atoms with Crippen LogP contribution in [0.2, 0.25) is 0 Å². The molecule has 3 N–H and O–H groups in total. The molecule has 3 aromatic rings. The van der Waals surface area contributed by atoms with Gasteiger partial charge in [0.15, 0.2) is 0 Å². The van der Waals surface area contributed by atoms with Crippen molar-refractivity contribution in [3.8, 4) is 11.3 Å². The van der Waals surface area contributed by atoms with Gasteiger partial charge in [-0.2, -0.15) is 0 Å². The number of nitrogen functional groups attached to an aromatic ring is 1. The Labute approximate surface area is 175 Å². The number of ether oxygens (including phenoxy) is 1. The summed E-state index contributed by atoms with van der Waals surface area (Å²) < 4.78 is 5.44. The van der Waals surface area contributed by atoms with Gasteiger partial charge in [0.05, 0.1) is 5.69 Å². The van der Waals surface area contributed by atoms with E-state index in [1.54, 1.807) is 18.6 Å². The number of nitrogens with two attached hydrogens (primary N) is 1. The maximum Gasteiger partial charge on any atom is 0.228 e. The van der Waals surface area contributed by atoms with E-state index in [1.807, 2.05) is 25.1 Å². The van der Waals surface area contributed by atoms with Crippen LogP contribution in [-0.2, 0) is 9.53 Å². The Bertz CT molecular complexity index is 1110. The lowest BCUT2D eigenvalue weighted by Gasteiger charge is -2.21. The standard InChI is InChI=1S/C23H25N5O2/c1-13-2-5-25-11-18(13)20-8-15-9-21(26-12-19(15)22(24)27-20)28-23(29)17-10-16(17)14-3-6-30-7-4-14/h2,5,8-9,11-12,14,16-17H,3-4,6-7,10H2,1H3,(H2,24,27)(H,26,28,29)/t16?,17-/m0/s1. The fourth-order valence-electron chi connectivity index (χ4n) is 4.51. The van der Waals surface area contributed by atoms with Crippen LogP contribution < -0.4 is 11.1 Å². The number of carbonyl (C=O) groups excluding carboxylic acids is 1. The number of fused-ring (bicyclic) bond motifs is 1. The van der Waals surface area contributed by atoms with Gasteiger partial charge in [-0.25, -0.2) is 9.97 Å². The highest BCUT2D eigenvalue weighted by Crippen LogP contribution is 2.48. The molecule has 7 heteroatoms. The van der Waals surface area contributed by atoms with Gasteiger partial charge in [0.1, 0.15) is 11.6 Å². The number of nitrogens with one attached hydrogen (secondary N) is 1. The van der Waals surface area contributed by atoms with Crippen LogP contribution in [0.15, 0.2) is 36.8 Å². The molecule has 3 aromatic heterocycles. The lowest BCUT2D eigenvalue weighted by atomic mass is 9.93. The molecule has 7 nitrogen and oxygen atoms in total. The number of nitrogens with zero attached hydrogens (tertiary/aromatic N) is 3. The average molecular weight is 403 g/mol. The molecule has 1 saturated carbocycles. The Balaban J connectivity index is 1.37. The van der Waals surface area contributed by atoms with Crippen LogP contribution in [0.25, 0.3) is 22.0 Å². The molecule has 1 amide bonds. The molecule has 0 aromatic carbocycles. The summed E-state index contributed by atoms with van der Waals surface area (Å²) in [6, 6.07) is 5.78. The minimum Gasteiger partial charge on any atom is -0.383 e. The SMILES string of the molecule is Cc1ccncc1-c1cc2cc(NC(=O)[C@H]3CC3C3CCOCC3)ncc2c(N)n1. The number of carbonyl (C=O) groups is 1. The van der Waals surface area contributed by atoms with Gasteiger partial charge in [0.2, 0.25) is 5.91 Å². The van der Waals surface area contributed by atoms with Crippen molar-refractivity contribution in [1.29, 1.82) is 0 Å². The topological polar surface area (TPSA) is 103 Å². The van der Waals surface area contributed by atoms with Crippen molar-refractivity contribution >= 4 is 28.3 Å². The summed E-state index contributed by atoms with van der Waals surface area (Å²) >= 11 is 0. The third kappa shape index (κ3) is 3.61. The summed E-state index contributed by atoms with van der Waals surface area (Å²) in [7, 11) is 0. The largest absolute Gasteiger partial charge is 0.383 e. The van der Waals surface area contributed by atoms with Crippen molar-refractivity contribution < 1.29 is 9.53 Å². The highest BCUT2D eigenvalue weighted by molar-refractivity contribution is 5.98. The van der Waals surface area contributed by atoms with Gasteiger partial charge >= 0.3 is 0 Å². The number of pyridine rings is 3. The molecular formula is C23H25N5O2. The first-order chi connectivity index (χ1) is 14.6. The van der Waals surface area contributed by atoms with E-state index in [0.717, 1.165) is 60.1 Å². The van der Waals surface area contributed by atoms with E-state index in [-0.39, 0.29) is 11.8 Å². The summed E-state index contributed by atoms with van der Waals surface area (Å²) in [5, 5.41) is 4.66. The predicted molar refractivity (Wildman–Crippen MR) is 116 cm³/mol. The molecule has 1 unspecified atom stereocenters. The van der Waals surface area contributed by atoms with Crippen LogP contribution in [0.1, 0.15) is 24.8 Å². The highest BCUT2D eigenvalue weighted by Gasteiger charge is 2.47. The van der Waals surface area contributed by atoms with E-state index in [4.69, 9.17) is 10.5 Å². The number of hydrogen-bond donors (Lipinski definition) is 2. The molecule has 0 bridgehead atoms. The fraction of sp³-hybridized carbons (Fsp3) is 0.391. The molecule has 2 atom stereocenters. The molecule has 30 heavy (non-hydrogen) atoms. The Hall–Kier alpha value is -3.06. The van der Waals surface area contributed by atoms with E-state index in [0.29, 0.717) is 23.5 Å². The summed E-state index contributed by atoms with van der Waals surface area (Å²) in [5.41, 5.74) is 8.96. The molecule has 2 fully saturated rings. The average Bonchev–Trinajstić information content (AvgIpc) is 3.56. The normalized spacial score (nSPS) is 21.5. The van der Waals surface area contributed by atoms with Crippen molar-refractivity contribution in [2.75, 3.05) is 24.3 Å². The molecule has 1 aliphatic carbocycles. The summed E-state index contributed by atoms with van der Waals surface area (Å²) in [5.74, 6) is 2.19. The molecule has 1 saturated heterocycles. The number of hydrogen-bond acceptors (Lipinski definition) is 6. The zero-order valence-corrected chi connectivity index (χ0v) is 17.0. The van der Waals surface area contributed by atoms with Gasteiger partial charge < -0.3 is 15.8 Å². The van der Waals surface area contributed by atoms with E-state index in [1.165, 1.54) is 0 Å². The summed E-state index contributed by atoms with van der Waals surface area (Å²) in [6.07, 6.45) is 8.31. The van der Waals surface area contributed by atoms with Gasteiger partial charge in [-0.3, -0.25) is 9.78 Å². The van der Waals surface area contributed by atoms with E-state index in [9.17, 15) is 4.79 Å². The monoisotopic (exact) mass is 403 g/mol. The maximum absolute atomic E-state index is 12.7. The van der Waals surface area contributed by atoms with E-state index in [2.05, 4.69) is 20.3 Å². The number of aromatic nitrogens is 3. The van der Waals surface area contributed by atoms with Crippen LogP contribution in [0, 0.1) is 24.7 Å². The lowest BCUT2D eigenvalue weighted by Crippen LogP contribution is -2.21. The van der Waals surface area contributed by atoms with Crippen LogP contribution in [0.3, 0.4) is 0 Å². The zero-order chi connectivity index (χ0) is 20.7. The van der Waals surface area contributed by atoms with Gasteiger partial charge in [0.25, 0.3) is 0 Å². The Morgan fingerprint density at radius 1 is 1.23 bits per heavy atom. The summed E-state index contributed by atoms with van der Waals surface area (Å²) in [4.78, 5) is 25.9. The third-order valence-electron chi connectivity index (χ3n) is 6.36. The predicted octanol–water partition coefficient (Wildman–Crippen LogP) is 3.58. The van der Waals surface area contributed by atoms with Crippen molar-refractivity contribution in [2.24, 2.45) is 17.8 Å². The molecule has 1 aliphatic heterocycles. The third-order valence-corrected chi connectivity index (χ3v) is 6.36. The van der Waals surface area contributed by atoms with Gasteiger partial charge in [-0.15, -0.1) is 0 Å². The second-order valence-electron chi connectivity index (χ2n) is 8.32. The Kier molecular flexibility index (Phi) is 4.83. The summed E-state index contributed by atoms with van der Waals surface area (Å²) in [6.45, 7) is 3.65. The number of aryl methyl sites for hydroxylation is 1. The second-order valence-corrected chi connectivity index (χ2v) is 8.32. The minimum atomic E-state index is 0.0590. The number of rotatable bonds is 4. The molecule has 0 spiro atoms. The second kappa shape index (κ2) is 7.65. The zero-order valence-electron chi connectivity index (χ0n) is 17.0. The van der Waals surface area contributed by atoms with Crippen molar-refractivity contribution in [3.63, 3.8) is 0 Å². The van der Waals surface area contributed by atoms with Gasteiger partial charge in [-0.1, -0.05) is 0 Å². The molecule has 2 aliphatic rings. The van der Waals surface area contributed by atoms with Crippen molar-refractivity contribution in [2.45, 2.75) is 26.2 Å². The maximum atomic E-state index is 12.7. The van der Waals surface area contributed by atoms with Crippen LogP contribution >= 0.6 is 0 Å². The first-order valence-corrected chi connectivity index (χ1v) is 10.5. The number of anilines is 2. The smallest absolute Gasteiger partial charge is 0.228 e. The molecular weight excluding hydrogens is 378 g/mol. The van der Waals surface area contributed by atoms with E-state index < -0.39 is 0 Å². The Morgan fingerprint density at radius 2 is 2.07 bits per heavy atom. The first kappa shape index (κ1) is 18.9. The lowest BCUT2D eigenvalue weighted by molar-refractivity contribution is -0.117. The molecule has 154 valence electrons. The number of amides is 1. The van der Waals surface area contributed by atoms with Crippen molar-refractivity contribution in [1.82, 2.24) is 15.0 Å². The molecule has 5 rings (SSSR count). The highest BCUT2D eigenvalue weighted by atomic mass is 16.5. The van der Waals surface area contributed by atoms with E-state index >= 15 is 0 Å². The van der Waals surface area contributed by atoms with Gasteiger partial charge in [0, 0.05) is 48.7 Å². The quantitative estimate of drug-likeness (QED) is 0.690. The van der Waals surface area contributed by atoms with Crippen LogP contribution in [0.5, 0.6) is 0 Å². The molecule has 0 radical (unpaired) electrons. The van der Waals surface area contributed by atoms with Gasteiger partial charge in [-0.05, 0) is 67.2 Å². The first-order valence-electron chi connectivity index (χ1n) is 10.5. The fourth-order valence-corrected chi connectivity index (χ4v) is 4.51. The molecule has 4 heterocycles. The minimum absolute atomic E-state index is 0.0590.